The highest BCUT2D eigenvalue weighted by molar-refractivity contribution is 5.78. The first-order chi connectivity index (χ1) is 7.77. The van der Waals surface area contributed by atoms with E-state index in [2.05, 4.69) is 22.3 Å². The Balaban J connectivity index is 2.25. The monoisotopic (exact) mass is 222 g/mol. The van der Waals surface area contributed by atoms with Gasteiger partial charge in [-0.1, -0.05) is 6.08 Å². The fourth-order valence-electron chi connectivity index (χ4n) is 1.35. The summed E-state index contributed by atoms with van der Waals surface area (Å²) in [5.41, 5.74) is 1.08. The maximum atomic E-state index is 11.2. The van der Waals surface area contributed by atoms with Crippen molar-refractivity contribution in [3.05, 3.63) is 30.6 Å². The van der Waals surface area contributed by atoms with E-state index in [0.29, 0.717) is 19.6 Å². The number of carbonyl (C=O) groups is 1. The Hall–Kier alpha value is -1.62. The molecule has 0 aliphatic rings. The predicted octanol–water partition coefficient (Wildman–Crippen LogP) is 0.295. The SMILES string of the molecule is C=CCNC(=O)CNCc1ccnn1CC. The number of rotatable bonds is 7. The predicted molar refractivity (Wildman–Crippen MR) is 62.8 cm³/mol. The maximum absolute atomic E-state index is 11.2. The fourth-order valence-corrected chi connectivity index (χ4v) is 1.35. The largest absolute Gasteiger partial charge is 0.352 e. The van der Waals surface area contributed by atoms with Crippen LogP contribution < -0.4 is 10.6 Å². The van der Waals surface area contributed by atoms with Crippen molar-refractivity contribution in [1.82, 2.24) is 20.4 Å². The summed E-state index contributed by atoms with van der Waals surface area (Å²) in [5, 5.41) is 9.91. The molecule has 0 bridgehead atoms. The van der Waals surface area contributed by atoms with E-state index in [1.54, 1.807) is 12.3 Å². The summed E-state index contributed by atoms with van der Waals surface area (Å²) in [4.78, 5) is 11.2. The van der Waals surface area contributed by atoms with Crippen molar-refractivity contribution in [3.63, 3.8) is 0 Å². The molecule has 0 saturated carbocycles. The standard InChI is InChI=1S/C11H18N4O/c1-3-6-13-11(16)9-12-8-10-5-7-14-15(10)4-2/h3,5,7,12H,1,4,6,8-9H2,2H3,(H,13,16). The molecule has 16 heavy (non-hydrogen) atoms. The zero-order chi connectivity index (χ0) is 11.8. The molecular formula is C11H18N4O. The Kier molecular flexibility index (Phi) is 5.28. The van der Waals surface area contributed by atoms with Gasteiger partial charge in [0.05, 0.1) is 12.2 Å². The Morgan fingerprint density at radius 2 is 2.50 bits per heavy atom. The zero-order valence-corrected chi connectivity index (χ0v) is 9.57. The number of nitrogens with one attached hydrogen (secondary N) is 2. The second-order valence-corrected chi connectivity index (χ2v) is 3.33. The van der Waals surface area contributed by atoms with E-state index in [1.165, 1.54) is 0 Å². The van der Waals surface area contributed by atoms with Crippen LogP contribution in [0.4, 0.5) is 0 Å². The van der Waals surface area contributed by atoms with Gasteiger partial charge in [-0.05, 0) is 13.0 Å². The van der Waals surface area contributed by atoms with Gasteiger partial charge in [0.25, 0.3) is 0 Å². The molecule has 0 unspecified atom stereocenters. The highest BCUT2D eigenvalue weighted by atomic mass is 16.1. The van der Waals surface area contributed by atoms with Gasteiger partial charge >= 0.3 is 0 Å². The number of amides is 1. The van der Waals surface area contributed by atoms with Crippen molar-refractivity contribution >= 4 is 5.91 Å². The van der Waals surface area contributed by atoms with Crippen LogP contribution in [0.15, 0.2) is 24.9 Å². The first-order valence-corrected chi connectivity index (χ1v) is 5.37. The van der Waals surface area contributed by atoms with Crippen LogP contribution in [0.25, 0.3) is 0 Å². The molecule has 0 spiro atoms. The summed E-state index contributed by atoms with van der Waals surface area (Å²) >= 11 is 0. The van der Waals surface area contributed by atoms with Gasteiger partial charge in [0, 0.05) is 25.8 Å². The average molecular weight is 222 g/mol. The normalized spacial score (nSPS) is 10.1. The van der Waals surface area contributed by atoms with Crippen LogP contribution in [-0.4, -0.2) is 28.8 Å². The van der Waals surface area contributed by atoms with Crippen LogP contribution >= 0.6 is 0 Å². The Labute approximate surface area is 95.5 Å². The summed E-state index contributed by atoms with van der Waals surface area (Å²) in [6, 6.07) is 1.94. The minimum atomic E-state index is -0.0255. The van der Waals surface area contributed by atoms with E-state index in [9.17, 15) is 4.79 Å². The van der Waals surface area contributed by atoms with Crippen molar-refractivity contribution in [3.8, 4) is 0 Å². The summed E-state index contributed by atoms with van der Waals surface area (Å²) in [6.07, 6.45) is 3.42. The third kappa shape index (κ3) is 3.86. The molecule has 0 fully saturated rings. The molecule has 1 aromatic heterocycles. The third-order valence-corrected chi connectivity index (χ3v) is 2.14. The zero-order valence-electron chi connectivity index (χ0n) is 9.57. The Bertz CT molecular complexity index is 346. The van der Waals surface area contributed by atoms with Gasteiger partial charge in [0.2, 0.25) is 5.91 Å². The van der Waals surface area contributed by atoms with Crippen molar-refractivity contribution in [2.45, 2.75) is 20.0 Å². The van der Waals surface area contributed by atoms with Gasteiger partial charge < -0.3 is 10.6 Å². The number of aromatic nitrogens is 2. The summed E-state index contributed by atoms with van der Waals surface area (Å²) < 4.78 is 1.90. The highest BCUT2D eigenvalue weighted by Crippen LogP contribution is 1.97. The van der Waals surface area contributed by atoms with Crippen LogP contribution in [0.5, 0.6) is 0 Å². The van der Waals surface area contributed by atoms with E-state index in [4.69, 9.17) is 0 Å². The lowest BCUT2D eigenvalue weighted by Gasteiger charge is -2.06. The molecule has 0 saturated heterocycles. The number of nitrogens with zero attached hydrogens (tertiary/aromatic N) is 2. The van der Waals surface area contributed by atoms with E-state index < -0.39 is 0 Å². The van der Waals surface area contributed by atoms with Crippen LogP contribution in [0.1, 0.15) is 12.6 Å². The summed E-state index contributed by atoms with van der Waals surface area (Å²) in [6.45, 7) is 7.87. The third-order valence-electron chi connectivity index (χ3n) is 2.14. The molecule has 5 heteroatoms. The van der Waals surface area contributed by atoms with Crippen molar-refractivity contribution in [1.29, 1.82) is 0 Å². The lowest BCUT2D eigenvalue weighted by molar-refractivity contribution is -0.120. The molecule has 1 amide bonds. The van der Waals surface area contributed by atoms with Crippen molar-refractivity contribution in [2.24, 2.45) is 0 Å². The number of hydrogen-bond donors (Lipinski definition) is 2. The molecule has 0 atom stereocenters. The first kappa shape index (κ1) is 12.4. The minimum absolute atomic E-state index is 0.0255. The van der Waals surface area contributed by atoms with Crippen molar-refractivity contribution < 1.29 is 4.79 Å². The fraction of sp³-hybridized carbons (Fsp3) is 0.455. The van der Waals surface area contributed by atoms with Gasteiger partial charge in [-0.2, -0.15) is 5.10 Å². The molecule has 5 nitrogen and oxygen atoms in total. The van der Waals surface area contributed by atoms with Crippen molar-refractivity contribution in [2.75, 3.05) is 13.1 Å². The van der Waals surface area contributed by atoms with Gasteiger partial charge in [-0.15, -0.1) is 6.58 Å². The van der Waals surface area contributed by atoms with E-state index >= 15 is 0 Å². The molecule has 1 aromatic rings. The van der Waals surface area contributed by atoms with E-state index in [1.807, 2.05) is 17.7 Å². The number of hydrogen-bond acceptors (Lipinski definition) is 3. The topological polar surface area (TPSA) is 59.0 Å². The van der Waals surface area contributed by atoms with Crippen LogP contribution in [0.2, 0.25) is 0 Å². The van der Waals surface area contributed by atoms with E-state index in [-0.39, 0.29) is 5.91 Å². The van der Waals surface area contributed by atoms with Crippen LogP contribution in [0.3, 0.4) is 0 Å². The molecule has 0 aliphatic heterocycles. The van der Waals surface area contributed by atoms with Crippen LogP contribution in [0, 0.1) is 0 Å². The van der Waals surface area contributed by atoms with Gasteiger partial charge in [-0.3, -0.25) is 9.48 Å². The Morgan fingerprint density at radius 3 is 3.19 bits per heavy atom. The van der Waals surface area contributed by atoms with Gasteiger partial charge in [-0.25, -0.2) is 0 Å². The summed E-state index contributed by atoms with van der Waals surface area (Å²) in [5.74, 6) is -0.0255. The van der Waals surface area contributed by atoms with Gasteiger partial charge in [0.1, 0.15) is 0 Å². The minimum Gasteiger partial charge on any atom is -0.352 e. The average Bonchev–Trinajstić information content (AvgIpc) is 2.74. The molecule has 88 valence electrons. The summed E-state index contributed by atoms with van der Waals surface area (Å²) in [7, 11) is 0. The highest BCUT2D eigenvalue weighted by Gasteiger charge is 2.02. The molecule has 0 radical (unpaired) electrons. The molecule has 1 heterocycles. The lowest BCUT2D eigenvalue weighted by atomic mass is 10.4. The van der Waals surface area contributed by atoms with Crippen LogP contribution in [-0.2, 0) is 17.9 Å². The number of carbonyl (C=O) groups excluding carboxylic acids is 1. The van der Waals surface area contributed by atoms with Gasteiger partial charge in [0.15, 0.2) is 0 Å². The Morgan fingerprint density at radius 1 is 1.69 bits per heavy atom. The second-order valence-electron chi connectivity index (χ2n) is 3.33. The smallest absolute Gasteiger partial charge is 0.234 e. The molecule has 2 N–H and O–H groups in total. The first-order valence-electron chi connectivity index (χ1n) is 5.37. The van der Waals surface area contributed by atoms with E-state index in [0.717, 1.165) is 12.2 Å². The number of aryl methyl sites for hydroxylation is 1. The maximum Gasteiger partial charge on any atom is 0.234 e. The quantitative estimate of drug-likeness (QED) is 0.652. The lowest BCUT2D eigenvalue weighted by Crippen LogP contribution is -2.33. The molecule has 0 aromatic carbocycles. The molecular weight excluding hydrogens is 204 g/mol. The molecule has 1 rings (SSSR count). The second kappa shape index (κ2) is 6.79. The molecule has 0 aliphatic carbocycles.